The lowest BCUT2D eigenvalue weighted by atomic mass is 9.96. The van der Waals surface area contributed by atoms with Crippen molar-refractivity contribution in [1.82, 2.24) is 9.80 Å². The second-order valence-electron chi connectivity index (χ2n) is 7.96. The van der Waals surface area contributed by atoms with Crippen LogP contribution in [0.2, 0.25) is 0 Å². The molecule has 1 heterocycles. The predicted octanol–water partition coefficient (Wildman–Crippen LogP) is 2.43. The number of rotatable bonds is 9. The number of benzene rings is 2. The second kappa shape index (κ2) is 10.8. The smallest absolute Gasteiger partial charge is 0.236 e. The topological polar surface area (TPSA) is 85.1 Å². The number of amides is 2. The minimum absolute atomic E-state index is 0.0425. The number of nitrogens with zero attached hydrogens (tertiary/aromatic N) is 2. The van der Waals surface area contributed by atoms with Crippen molar-refractivity contribution >= 4 is 11.8 Å². The molecule has 166 valence electrons. The van der Waals surface area contributed by atoms with Gasteiger partial charge in [0.1, 0.15) is 6.61 Å². The molecule has 1 aliphatic heterocycles. The van der Waals surface area contributed by atoms with E-state index in [-0.39, 0.29) is 17.7 Å². The van der Waals surface area contributed by atoms with Gasteiger partial charge in [0.05, 0.1) is 13.7 Å². The first kappa shape index (κ1) is 22.6. The van der Waals surface area contributed by atoms with Crippen LogP contribution in [0.4, 0.5) is 0 Å². The molecule has 2 aromatic rings. The van der Waals surface area contributed by atoms with Crippen LogP contribution in [0.5, 0.6) is 11.5 Å². The third kappa shape index (κ3) is 6.46. The van der Waals surface area contributed by atoms with Crippen molar-refractivity contribution in [1.29, 1.82) is 0 Å². The lowest BCUT2D eigenvalue weighted by Crippen LogP contribution is -2.43. The molecule has 0 atom stereocenters. The van der Waals surface area contributed by atoms with Crippen molar-refractivity contribution in [3.8, 4) is 11.5 Å². The van der Waals surface area contributed by atoms with E-state index < -0.39 is 0 Å². The Morgan fingerprint density at radius 2 is 1.77 bits per heavy atom. The maximum absolute atomic E-state index is 12.6. The van der Waals surface area contributed by atoms with Gasteiger partial charge in [-0.25, -0.2) is 0 Å². The Bertz CT molecular complexity index is 880. The van der Waals surface area contributed by atoms with Crippen LogP contribution in [0.15, 0.2) is 48.5 Å². The van der Waals surface area contributed by atoms with E-state index >= 15 is 0 Å². The van der Waals surface area contributed by atoms with E-state index in [9.17, 15) is 9.59 Å². The van der Waals surface area contributed by atoms with E-state index in [1.165, 1.54) is 0 Å². The number of hydrogen-bond donors (Lipinski definition) is 1. The van der Waals surface area contributed by atoms with Crippen LogP contribution in [0.3, 0.4) is 0 Å². The summed E-state index contributed by atoms with van der Waals surface area (Å²) in [6.07, 6.45) is 1.43. The molecule has 0 unspecified atom stereocenters. The molecule has 2 amide bonds. The third-order valence-corrected chi connectivity index (χ3v) is 5.66. The fraction of sp³-hybridized carbons (Fsp3) is 0.417. The fourth-order valence-electron chi connectivity index (χ4n) is 3.71. The van der Waals surface area contributed by atoms with E-state index in [2.05, 4.69) is 4.90 Å². The number of nitrogens with two attached hydrogens (primary N) is 1. The molecule has 2 aromatic carbocycles. The van der Waals surface area contributed by atoms with Gasteiger partial charge in [-0.3, -0.25) is 14.5 Å². The predicted molar refractivity (Wildman–Crippen MR) is 119 cm³/mol. The number of likely N-dealkylation sites (N-methyl/N-ethyl adjacent to an activating group) is 1. The van der Waals surface area contributed by atoms with E-state index in [0.29, 0.717) is 57.1 Å². The molecule has 0 bridgehead atoms. The van der Waals surface area contributed by atoms with Gasteiger partial charge in [0.2, 0.25) is 11.8 Å². The molecular formula is C24H31N3O4. The molecule has 31 heavy (non-hydrogen) atoms. The second-order valence-corrected chi connectivity index (χ2v) is 7.96. The summed E-state index contributed by atoms with van der Waals surface area (Å²) in [6.45, 7) is 2.72. The van der Waals surface area contributed by atoms with E-state index in [4.69, 9.17) is 15.2 Å². The van der Waals surface area contributed by atoms with Crippen LogP contribution in [0, 0.1) is 5.92 Å². The number of piperidine rings is 1. The van der Waals surface area contributed by atoms with Gasteiger partial charge >= 0.3 is 0 Å². The number of likely N-dealkylation sites (tertiary alicyclic amines) is 1. The standard InChI is InChI=1S/C24H31N3O4/c1-26(23(28)16-27-12-10-20(11-13-27)24(25)29)15-19-8-9-21(22(14-19)30-2)31-17-18-6-4-3-5-7-18/h3-9,14,20H,10-13,15-17H2,1-2H3,(H2,25,29). The van der Waals surface area contributed by atoms with Gasteiger partial charge in [-0.05, 0) is 49.2 Å². The van der Waals surface area contributed by atoms with Gasteiger partial charge in [0.25, 0.3) is 0 Å². The summed E-state index contributed by atoms with van der Waals surface area (Å²) >= 11 is 0. The Morgan fingerprint density at radius 3 is 2.42 bits per heavy atom. The summed E-state index contributed by atoms with van der Waals surface area (Å²) in [6, 6.07) is 15.7. The molecule has 0 aliphatic carbocycles. The molecule has 1 aliphatic rings. The number of carbonyl (C=O) groups is 2. The third-order valence-electron chi connectivity index (χ3n) is 5.66. The summed E-state index contributed by atoms with van der Waals surface area (Å²) in [5, 5.41) is 0. The lowest BCUT2D eigenvalue weighted by Gasteiger charge is -2.31. The molecular weight excluding hydrogens is 394 g/mol. The van der Waals surface area contributed by atoms with E-state index in [1.807, 2.05) is 48.5 Å². The average Bonchev–Trinajstić information content (AvgIpc) is 2.79. The first-order valence-corrected chi connectivity index (χ1v) is 10.6. The number of carbonyl (C=O) groups excluding carboxylic acids is 2. The Balaban J connectivity index is 1.52. The Hall–Kier alpha value is -3.06. The Morgan fingerprint density at radius 1 is 1.06 bits per heavy atom. The van der Waals surface area contributed by atoms with Crippen LogP contribution in [0.25, 0.3) is 0 Å². The molecule has 0 aromatic heterocycles. The molecule has 7 nitrogen and oxygen atoms in total. The summed E-state index contributed by atoms with van der Waals surface area (Å²) in [7, 11) is 3.41. The molecule has 0 saturated carbocycles. The highest BCUT2D eigenvalue weighted by Crippen LogP contribution is 2.29. The van der Waals surface area contributed by atoms with Gasteiger partial charge in [-0.15, -0.1) is 0 Å². The van der Waals surface area contributed by atoms with Crippen molar-refractivity contribution in [3.63, 3.8) is 0 Å². The first-order valence-electron chi connectivity index (χ1n) is 10.6. The Labute approximate surface area is 183 Å². The molecule has 1 fully saturated rings. The van der Waals surface area contributed by atoms with Crippen molar-refractivity contribution in [2.45, 2.75) is 26.0 Å². The molecule has 1 saturated heterocycles. The van der Waals surface area contributed by atoms with Crippen LogP contribution < -0.4 is 15.2 Å². The molecule has 2 N–H and O–H groups in total. The Kier molecular flexibility index (Phi) is 7.89. The summed E-state index contributed by atoms with van der Waals surface area (Å²) in [5.74, 6) is 1.04. The maximum Gasteiger partial charge on any atom is 0.236 e. The monoisotopic (exact) mass is 425 g/mol. The molecule has 7 heteroatoms. The minimum atomic E-state index is -0.242. The number of primary amides is 1. The quantitative estimate of drug-likeness (QED) is 0.667. The van der Waals surface area contributed by atoms with E-state index in [1.54, 1.807) is 19.1 Å². The zero-order valence-corrected chi connectivity index (χ0v) is 18.3. The van der Waals surface area contributed by atoms with Gasteiger partial charge in [0, 0.05) is 19.5 Å². The van der Waals surface area contributed by atoms with Gasteiger partial charge in [0.15, 0.2) is 11.5 Å². The van der Waals surface area contributed by atoms with Gasteiger partial charge < -0.3 is 20.1 Å². The zero-order chi connectivity index (χ0) is 22.2. The lowest BCUT2D eigenvalue weighted by molar-refractivity contribution is -0.132. The van der Waals surface area contributed by atoms with Gasteiger partial charge in [-0.2, -0.15) is 0 Å². The van der Waals surface area contributed by atoms with Crippen molar-refractivity contribution in [2.75, 3.05) is 33.8 Å². The molecule has 0 spiro atoms. The number of ether oxygens (including phenoxy) is 2. The van der Waals surface area contributed by atoms with Gasteiger partial charge in [-0.1, -0.05) is 36.4 Å². The van der Waals surface area contributed by atoms with Crippen LogP contribution in [0.1, 0.15) is 24.0 Å². The maximum atomic E-state index is 12.6. The highest BCUT2D eigenvalue weighted by atomic mass is 16.5. The SMILES string of the molecule is COc1cc(CN(C)C(=O)CN2CCC(C(N)=O)CC2)ccc1OCc1ccccc1. The normalized spacial score (nSPS) is 14.8. The van der Waals surface area contributed by atoms with Crippen molar-refractivity contribution in [2.24, 2.45) is 11.7 Å². The van der Waals surface area contributed by atoms with Crippen LogP contribution in [-0.4, -0.2) is 55.4 Å². The van der Waals surface area contributed by atoms with Crippen molar-refractivity contribution < 1.29 is 19.1 Å². The molecule has 3 rings (SSSR count). The number of methoxy groups -OCH3 is 1. The van der Waals surface area contributed by atoms with Crippen molar-refractivity contribution in [3.05, 3.63) is 59.7 Å². The summed E-state index contributed by atoms with van der Waals surface area (Å²) in [4.78, 5) is 27.7. The molecule has 0 radical (unpaired) electrons. The zero-order valence-electron chi connectivity index (χ0n) is 18.3. The number of hydrogen-bond acceptors (Lipinski definition) is 5. The summed E-state index contributed by atoms with van der Waals surface area (Å²) < 4.78 is 11.4. The average molecular weight is 426 g/mol. The first-order chi connectivity index (χ1) is 15.0. The van der Waals surface area contributed by atoms with Crippen LogP contribution in [-0.2, 0) is 22.7 Å². The highest BCUT2D eigenvalue weighted by molar-refractivity contribution is 5.78. The minimum Gasteiger partial charge on any atom is -0.493 e. The largest absolute Gasteiger partial charge is 0.493 e. The van der Waals surface area contributed by atoms with Crippen LogP contribution >= 0.6 is 0 Å². The highest BCUT2D eigenvalue weighted by Gasteiger charge is 2.25. The van der Waals surface area contributed by atoms with E-state index in [0.717, 1.165) is 11.1 Å². The summed E-state index contributed by atoms with van der Waals surface area (Å²) in [5.41, 5.74) is 7.43. The fourth-order valence-corrected chi connectivity index (χ4v) is 3.71.